The van der Waals surface area contributed by atoms with E-state index in [1.807, 2.05) is 6.20 Å². The Morgan fingerprint density at radius 3 is 2.78 bits per heavy atom. The monoisotopic (exact) mass is 316 g/mol. The number of aliphatic hydroxyl groups is 1. The van der Waals surface area contributed by atoms with Crippen molar-refractivity contribution in [3.05, 3.63) is 23.7 Å². The molecule has 1 aliphatic rings. The maximum Gasteiger partial charge on any atom is 0.255 e. The van der Waals surface area contributed by atoms with Gasteiger partial charge >= 0.3 is 0 Å². The van der Waals surface area contributed by atoms with E-state index in [9.17, 15) is 9.90 Å². The van der Waals surface area contributed by atoms with Crippen LogP contribution in [0.1, 0.15) is 68.4 Å². The van der Waals surface area contributed by atoms with Crippen molar-refractivity contribution in [3.63, 3.8) is 0 Å². The van der Waals surface area contributed by atoms with E-state index >= 15 is 0 Å². The minimum atomic E-state index is -0.984. The van der Waals surface area contributed by atoms with Crippen LogP contribution in [-0.2, 0) is 0 Å². The molecule has 0 radical (unpaired) electrons. The zero-order chi connectivity index (χ0) is 16.6. The Morgan fingerprint density at radius 1 is 1.43 bits per heavy atom. The predicted molar refractivity (Wildman–Crippen MR) is 88.3 cm³/mol. The lowest BCUT2D eigenvalue weighted by Gasteiger charge is -2.26. The molecule has 6 nitrogen and oxygen atoms in total. The number of hydrogen-bond acceptors (Lipinski definition) is 4. The highest BCUT2D eigenvalue weighted by Gasteiger charge is 2.26. The van der Waals surface area contributed by atoms with Crippen LogP contribution < -0.4 is 5.32 Å². The largest absolute Gasteiger partial charge is 0.388 e. The molecule has 0 aliphatic heterocycles. The van der Waals surface area contributed by atoms with Crippen LogP contribution in [0.15, 0.2) is 12.4 Å². The van der Waals surface area contributed by atoms with Crippen molar-refractivity contribution in [3.8, 4) is 0 Å². The molecule has 1 unspecified atom stereocenters. The number of amides is 1. The minimum Gasteiger partial charge on any atom is -0.388 e. The van der Waals surface area contributed by atoms with Crippen LogP contribution in [0.4, 0.5) is 0 Å². The number of H-pyrrole nitrogens is 1. The Labute approximate surface area is 135 Å². The first-order chi connectivity index (χ1) is 10.9. The fourth-order valence-corrected chi connectivity index (χ4v) is 2.95. The number of carbonyl (C=O) groups is 1. The summed E-state index contributed by atoms with van der Waals surface area (Å²) in [6.45, 7) is 5.12. The van der Waals surface area contributed by atoms with Gasteiger partial charge in [-0.25, -0.2) is 9.97 Å². The number of nitrogens with zero attached hydrogens (tertiary/aromatic N) is 2. The molecule has 2 aromatic rings. The number of aromatic amines is 1. The van der Waals surface area contributed by atoms with Gasteiger partial charge in [0.15, 0.2) is 5.65 Å². The second-order valence-electron chi connectivity index (χ2n) is 7.02. The number of aromatic nitrogens is 3. The predicted octanol–water partition coefficient (Wildman–Crippen LogP) is 2.50. The molecule has 2 heterocycles. The number of rotatable bonds is 4. The van der Waals surface area contributed by atoms with Crippen molar-refractivity contribution in [2.75, 3.05) is 0 Å². The highest BCUT2D eigenvalue weighted by molar-refractivity contribution is 6.04. The Morgan fingerprint density at radius 2 is 2.13 bits per heavy atom. The standard InChI is InChI=1S/C17H24N4O2/c1-10(17(2,3)23)20-16(22)12-8-18-15-14(12)21-13(9-19-15)11-6-4-5-7-11/h8-11,23H,4-7H2,1-3H3,(H,18,19)(H,20,22). The maximum atomic E-state index is 12.5. The van der Waals surface area contributed by atoms with Gasteiger partial charge in [-0.2, -0.15) is 0 Å². The lowest BCUT2D eigenvalue weighted by molar-refractivity contribution is 0.0409. The molecule has 0 saturated heterocycles. The average Bonchev–Trinajstić information content (AvgIpc) is 3.15. The zero-order valence-electron chi connectivity index (χ0n) is 13.9. The van der Waals surface area contributed by atoms with E-state index in [4.69, 9.17) is 4.98 Å². The quantitative estimate of drug-likeness (QED) is 0.808. The Balaban J connectivity index is 1.88. The van der Waals surface area contributed by atoms with Crippen LogP contribution in [0.5, 0.6) is 0 Å². The van der Waals surface area contributed by atoms with Gasteiger partial charge in [0.1, 0.15) is 5.52 Å². The van der Waals surface area contributed by atoms with Crippen LogP contribution in [0.2, 0.25) is 0 Å². The van der Waals surface area contributed by atoms with E-state index in [-0.39, 0.29) is 11.9 Å². The lowest BCUT2D eigenvalue weighted by Crippen LogP contribution is -2.47. The Hall–Kier alpha value is -1.95. The zero-order valence-corrected chi connectivity index (χ0v) is 13.9. The summed E-state index contributed by atoms with van der Waals surface area (Å²) >= 11 is 0. The fraction of sp³-hybridized carbons (Fsp3) is 0.588. The van der Waals surface area contributed by atoms with Gasteiger partial charge in [-0.3, -0.25) is 4.79 Å². The molecule has 124 valence electrons. The van der Waals surface area contributed by atoms with E-state index in [2.05, 4.69) is 15.3 Å². The van der Waals surface area contributed by atoms with Crippen molar-refractivity contribution in [2.24, 2.45) is 0 Å². The van der Waals surface area contributed by atoms with E-state index in [1.54, 1.807) is 27.0 Å². The van der Waals surface area contributed by atoms with Gasteiger partial charge in [0.25, 0.3) is 5.91 Å². The average molecular weight is 316 g/mol. The van der Waals surface area contributed by atoms with E-state index in [0.29, 0.717) is 22.6 Å². The molecule has 0 bridgehead atoms. The van der Waals surface area contributed by atoms with Crippen molar-refractivity contribution in [1.29, 1.82) is 0 Å². The topological polar surface area (TPSA) is 90.9 Å². The molecular weight excluding hydrogens is 292 g/mol. The first-order valence-electron chi connectivity index (χ1n) is 8.23. The Kier molecular flexibility index (Phi) is 4.10. The summed E-state index contributed by atoms with van der Waals surface area (Å²) in [6, 6.07) is -0.370. The SMILES string of the molecule is CC(NC(=O)c1c[nH]c2ncc(C3CCCC3)nc12)C(C)(C)O. The van der Waals surface area contributed by atoms with Gasteiger partial charge in [-0.1, -0.05) is 12.8 Å². The normalized spacial score (nSPS) is 17.6. The fourth-order valence-electron chi connectivity index (χ4n) is 2.95. The second kappa shape index (κ2) is 5.92. The van der Waals surface area contributed by atoms with Crippen molar-refractivity contribution in [2.45, 2.75) is 64.0 Å². The van der Waals surface area contributed by atoms with Crippen LogP contribution in [0, 0.1) is 0 Å². The smallest absolute Gasteiger partial charge is 0.255 e. The first kappa shape index (κ1) is 15.9. The maximum absolute atomic E-state index is 12.5. The van der Waals surface area contributed by atoms with E-state index in [1.165, 1.54) is 12.8 Å². The Bertz CT molecular complexity index is 711. The van der Waals surface area contributed by atoms with Gasteiger partial charge in [0.05, 0.1) is 29.1 Å². The first-order valence-corrected chi connectivity index (χ1v) is 8.23. The van der Waals surface area contributed by atoms with Crippen molar-refractivity contribution >= 4 is 17.1 Å². The molecule has 1 saturated carbocycles. The highest BCUT2D eigenvalue weighted by atomic mass is 16.3. The van der Waals surface area contributed by atoms with Gasteiger partial charge in [0.2, 0.25) is 0 Å². The molecule has 0 spiro atoms. The lowest BCUT2D eigenvalue weighted by atomic mass is 10.0. The summed E-state index contributed by atoms with van der Waals surface area (Å²) in [5, 5.41) is 12.8. The third-order valence-electron chi connectivity index (χ3n) is 4.82. The van der Waals surface area contributed by atoms with Crippen LogP contribution in [-0.4, -0.2) is 37.6 Å². The third kappa shape index (κ3) is 3.22. The van der Waals surface area contributed by atoms with Crippen molar-refractivity contribution in [1.82, 2.24) is 20.3 Å². The van der Waals surface area contributed by atoms with Gasteiger partial charge in [-0.15, -0.1) is 0 Å². The molecule has 1 aliphatic carbocycles. The van der Waals surface area contributed by atoms with E-state index in [0.717, 1.165) is 18.5 Å². The summed E-state index contributed by atoms with van der Waals surface area (Å²) in [4.78, 5) is 24.6. The van der Waals surface area contributed by atoms with Gasteiger partial charge in [0, 0.05) is 12.1 Å². The number of carbonyl (C=O) groups excluding carboxylic acids is 1. The number of nitrogens with one attached hydrogen (secondary N) is 2. The molecule has 1 amide bonds. The molecular formula is C17H24N4O2. The summed E-state index contributed by atoms with van der Waals surface area (Å²) in [6.07, 6.45) is 8.19. The molecule has 1 atom stereocenters. The van der Waals surface area contributed by atoms with Crippen LogP contribution in [0.25, 0.3) is 11.2 Å². The van der Waals surface area contributed by atoms with Gasteiger partial charge in [-0.05, 0) is 33.6 Å². The molecule has 2 aromatic heterocycles. The van der Waals surface area contributed by atoms with Gasteiger partial charge < -0.3 is 15.4 Å². The molecule has 6 heteroatoms. The third-order valence-corrected chi connectivity index (χ3v) is 4.82. The number of hydrogen-bond donors (Lipinski definition) is 3. The molecule has 3 rings (SSSR count). The molecule has 1 fully saturated rings. The number of fused-ring (bicyclic) bond motifs is 1. The molecule has 3 N–H and O–H groups in total. The van der Waals surface area contributed by atoms with Crippen LogP contribution >= 0.6 is 0 Å². The summed E-state index contributed by atoms with van der Waals surface area (Å²) < 4.78 is 0. The summed E-state index contributed by atoms with van der Waals surface area (Å²) in [7, 11) is 0. The van der Waals surface area contributed by atoms with Crippen LogP contribution in [0.3, 0.4) is 0 Å². The second-order valence-corrected chi connectivity index (χ2v) is 7.02. The summed E-state index contributed by atoms with van der Waals surface area (Å²) in [5.74, 6) is 0.205. The molecule has 0 aromatic carbocycles. The molecule has 23 heavy (non-hydrogen) atoms. The summed E-state index contributed by atoms with van der Waals surface area (Å²) in [5.41, 5.74) is 1.69. The van der Waals surface area contributed by atoms with E-state index < -0.39 is 5.60 Å². The highest BCUT2D eigenvalue weighted by Crippen LogP contribution is 2.33. The minimum absolute atomic E-state index is 0.247. The van der Waals surface area contributed by atoms with Crippen molar-refractivity contribution < 1.29 is 9.90 Å².